The highest BCUT2D eigenvalue weighted by Crippen LogP contribution is 2.40. The molecule has 1 fully saturated rings. The quantitative estimate of drug-likeness (QED) is 0.341. The van der Waals surface area contributed by atoms with Gasteiger partial charge in [0.1, 0.15) is 11.5 Å². The van der Waals surface area contributed by atoms with Gasteiger partial charge in [0.25, 0.3) is 11.7 Å². The molecule has 162 valence electrons. The van der Waals surface area contributed by atoms with Crippen molar-refractivity contribution < 1.29 is 19.4 Å². The van der Waals surface area contributed by atoms with E-state index in [2.05, 4.69) is 4.98 Å². The number of aromatic nitrogens is 1. The Morgan fingerprint density at radius 3 is 2.34 bits per heavy atom. The number of aliphatic hydroxyl groups is 1. The van der Waals surface area contributed by atoms with Gasteiger partial charge in [0, 0.05) is 24.5 Å². The lowest BCUT2D eigenvalue weighted by molar-refractivity contribution is -0.140. The second-order valence-corrected chi connectivity index (χ2v) is 7.57. The van der Waals surface area contributed by atoms with Crippen LogP contribution in [-0.2, 0) is 16.1 Å². The van der Waals surface area contributed by atoms with E-state index in [-0.39, 0.29) is 17.9 Å². The van der Waals surface area contributed by atoms with E-state index in [0.717, 1.165) is 12.0 Å². The number of aliphatic hydroxyl groups excluding tert-OH is 1. The highest BCUT2D eigenvalue weighted by Gasteiger charge is 2.46. The summed E-state index contributed by atoms with van der Waals surface area (Å²) in [6, 6.07) is 19.1. The highest BCUT2D eigenvalue weighted by molar-refractivity contribution is 6.46. The predicted octanol–water partition coefficient (Wildman–Crippen LogP) is 4.49. The Bertz CT molecular complexity index is 1130. The number of hydrogen-bond donors (Lipinski definition) is 1. The molecule has 4 rings (SSSR count). The Hall–Kier alpha value is -3.93. The fraction of sp³-hybridized carbons (Fsp3) is 0.192. The number of pyridine rings is 1. The van der Waals surface area contributed by atoms with Crippen molar-refractivity contribution in [3.63, 3.8) is 0 Å². The van der Waals surface area contributed by atoms with Crippen molar-refractivity contribution in [2.24, 2.45) is 0 Å². The molecule has 2 heterocycles. The van der Waals surface area contributed by atoms with E-state index in [4.69, 9.17) is 4.74 Å². The van der Waals surface area contributed by atoms with Crippen molar-refractivity contribution in [3.8, 4) is 5.75 Å². The van der Waals surface area contributed by atoms with Crippen LogP contribution < -0.4 is 4.74 Å². The molecular weight excluding hydrogens is 404 g/mol. The van der Waals surface area contributed by atoms with Crippen LogP contribution in [0.25, 0.3) is 5.76 Å². The minimum absolute atomic E-state index is 0.0688. The molecule has 32 heavy (non-hydrogen) atoms. The second-order valence-electron chi connectivity index (χ2n) is 7.57. The van der Waals surface area contributed by atoms with E-state index in [1.807, 2.05) is 37.3 Å². The summed E-state index contributed by atoms with van der Waals surface area (Å²) >= 11 is 0. The SMILES string of the molecule is CCCOc1ccc(C(O)=C2C(=O)C(=O)N(Cc3ccccc3)C2c2ccncc2)cc1. The molecular formula is C26H24N2O4. The molecule has 1 aromatic heterocycles. The Labute approximate surface area is 186 Å². The van der Waals surface area contributed by atoms with Crippen molar-refractivity contribution >= 4 is 17.4 Å². The van der Waals surface area contributed by atoms with Gasteiger partial charge in [0.05, 0.1) is 18.2 Å². The standard InChI is InChI=1S/C26H24N2O4/c1-2-16-32-21-10-8-20(9-11-21)24(29)22-23(19-12-14-27-15-13-19)28(26(31)25(22)30)17-18-6-4-3-5-7-18/h3-15,23,29H,2,16-17H2,1H3. The summed E-state index contributed by atoms with van der Waals surface area (Å²) in [4.78, 5) is 31.6. The Morgan fingerprint density at radius 1 is 1.00 bits per heavy atom. The van der Waals surface area contributed by atoms with Gasteiger partial charge < -0.3 is 14.7 Å². The molecule has 6 heteroatoms. The third-order valence-corrected chi connectivity index (χ3v) is 5.36. The number of Topliss-reactive ketones (excluding diaryl/α,β-unsaturated/α-hetero) is 1. The summed E-state index contributed by atoms with van der Waals surface area (Å²) in [5.74, 6) is -0.868. The minimum Gasteiger partial charge on any atom is -0.507 e. The molecule has 0 bridgehead atoms. The average Bonchev–Trinajstić information content (AvgIpc) is 3.09. The van der Waals surface area contributed by atoms with Gasteiger partial charge in [-0.25, -0.2) is 0 Å². The van der Waals surface area contributed by atoms with Gasteiger partial charge >= 0.3 is 0 Å². The molecule has 1 amide bonds. The maximum Gasteiger partial charge on any atom is 0.295 e. The molecule has 1 saturated heterocycles. The first kappa shape index (κ1) is 21.3. The van der Waals surface area contributed by atoms with Crippen molar-refractivity contribution in [2.45, 2.75) is 25.9 Å². The maximum atomic E-state index is 13.1. The minimum atomic E-state index is -0.714. The zero-order chi connectivity index (χ0) is 22.5. The van der Waals surface area contributed by atoms with Crippen LogP contribution in [0.2, 0.25) is 0 Å². The molecule has 6 nitrogen and oxygen atoms in total. The first-order chi connectivity index (χ1) is 15.6. The number of likely N-dealkylation sites (tertiary alicyclic amines) is 1. The van der Waals surface area contributed by atoms with E-state index in [1.54, 1.807) is 48.8 Å². The summed E-state index contributed by atoms with van der Waals surface area (Å²) < 4.78 is 5.59. The summed E-state index contributed by atoms with van der Waals surface area (Å²) in [6.45, 7) is 2.87. The number of amides is 1. The first-order valence-electron chi connectivity index (χ1n) is 10.6. The van der Waals surface area contributed by atoms with Gasteiger partial charge in [-0.2, -0.15) is 0 Å². The van der Waals surface area contributed by atoms with E-state index < -0.39 is 17.7 Å². The molecule has 3 aromatic rings. The Balaban J connectivity index is 1.76. The number of carbonyl (C=O) groups excluding carboxylic acids is 2. The van der Waals surface area contributed by atoms with E-state index in [0.29, 0.717) is 23.5 Å². The topological polar surface area (TPSA) is 79.7 Å². The Morgan fingerprint density at radius 2 is 1.69 bits per heavy atom. The van der Waals surface area contributed by atoms with Gasteiger partial charge in [-0.3, -0.25) is 14.6 Å². The molecule has 0 radical (unpaired) electrons. The molecule has 1 aliphatic rings. The molecule has 0 saturated carbocycles. The number of benzene rings is 2. The monoisotopic (exact) mass is 428 g/mol. The summed E-state index contributed by atoms with van der Waals surface area (Å²) in [7, 11) is 0. The van der Waals surface area contributed by atoms with Gasteiger partial charge in [0.2, 0.25) is 0 Å². The van der Waals surface area contributed by atoms with E-state index in [9.17, 15) is 14.7 Å². The molecule has 1 aliphatic heterocycles. The summed E-state index contributed by atoms with van der Waals surface area (Å²) in [6.07, 6.45) is 4.11. The smallest absolute Gasteiger partial charge is 0.295 e. The molecule has 1 unspecified atom stereocenters. The number of nitrogens with zero attached hydrogens (tertiary/aromatic N) is 2. The number of carbonyl (C=O) groups is 2. The fourth-order valence-electron chi connectivity index (χ4n) is 3.80. The van der Waals surface area contributed by atoms with Crippen LogP contribution in [0.4, 0.5) is 0 Å². The largest absolute Gasteiger partial charge is 0.507 e. The normalized spacial score (nSPS) is 17.5. The van der Waals surface area contributed by atoms with Gasteiger partial charge in [-0.05, 0) is 53.9 Å². The molecule has 0 aliphatic carbocycles. The van der Waals surface area contributed by atoms with E-state index in [1.165, 1.54) is 4.90 Å². The fourth-order valence-corrected chi connectivity index (χ4v) is 3.80. The van der Waals surface area contributed by atoms with Crippen LogP contribution in [0.1, 0.15) is 36.1 Å². The van der Waals surface area contributed by atoms with Crippen molar-refractivity contribution in [2.75, 3.05) is 6.61 Å². The molecule has 0 spiro atoms. The van der Waals surface area contributed by atoms with Crippen LogP contribution in [-0.4, -0.2) is 33.3 Å². The van der Waals surface area contributed by atoms with Gasteiger partial charge in [0.15, 0.2) is 0 Å². The molecule has 1 atom stereocenters. The van der Waals surface area contributed by atoms with Crippen LogP contribution in [0.15, 0.2) is 84.7 Å². The number of ketones is 1. The predicted molar refractivity (Wildman–Crippen MR) is 121 cm³/mol. The second kappa shape index (κ2) is 9.47. The lowest BCUT2D eigenvalue weighted by Crippen LogP contribution is -2.29. The molecule has 1 N–H and O–H groups in total. The lowest BCUT2D eigenvalue weighted by atomic mass is 9.96. The van der Waals surface area contributed by atoms with Crippen molar-refractivity contribution in [1.29, 1.82) is 0 Å². The number of ether oxygens (including phenoxy) is 1. The third-order valence-electron chi connectivity index (χ3n) is 5.36. The maximum absolute atomic E-state index is 13.1. The van der Waals surface area contributed by atoms with Crippen molar-refractivity contribution in [3.05, 3.63) is 101 Å². The van der Waals surface area contributed by atoms with Crippen LogP contribution in [0.5, 0.6) is 5.75 Å². The highest BCUT2D eigenvalue weighted by atomic mass is 16.5. The van der Waals surface area contributed by atoms with E-state index >= 15 is 0 Å². The van der Waals surface area contributed by atoms with Gasteiger partial charge in [-0.15, -0.1) is 0 Å². The van der Waals surface area contributed by atoms with Gasteiger partial charge in [-0.1, -0.05) is 37.3 Å². The zero-order valence-electron chi connectivity index (χ0n) is 17.8. The van der Waals surface area contributed by atoms with Crippen LogP contribution in [0, 0.1) is 0 Å². The summed E-state index contributed by atoms with van der Waals surface area (Å²) in [5, 5.41) is 11.1. The van der Waals surface area contributed by atoms with Crippen molar-refractivity contribution in [1.82, 2.24) is 9.88 Å². The lowest BCUT2D eigenvalue weighted by Gasteiger charge is -2.25. The first-order valence-corrected chi connectivity index (χ1v) is 10.6. The molecule has 2 aromatic carbocycles. The Kier molecular flexibility index (Phi) is 6.31. The number of hydrogen-bond acceptors (Lipinski definition) is 5. The zero-order valence-corrected chi connectivity index (χ0v) is 17.8. The third kappa shape index (κ3) is 4.25. The van der Waals surface area contributed by atoms with Crippen LogP contribution in [0.3, 0.4) is 0 Å². The van der Waals surface area contributed by atoms with Crippen LogP contribution >= 0.6 is 0 Å². The number of rotatable bonds is 7. The average molecular weight is 428 g/mol. The summed E-state index contributed by atoms with van der Waals surface area (Å²) in [5.41, 5.74) is 2.12.